The van der Waals surface area contributed by atoms with Gasteiger partial charge in [-0.15, -0.1) is 11.3 Å². The van der Waals surface area contributed by atoms with E-state index < -0.39 is 5.97 Å². The first kappa shape index (κ1) is 13.9. The van der Waals surface area contributed by atoms with Crippen LogP contribution in [0.1, 0.15) is 20.2 Å². The van der Waals surface area contributed by atoms with Gasteiger partial charge in [0.2, 0.25) is 0 Å². The van der Waals surface area contributed by atoms with Crippen molar-refractivity contribution in [2.75, 3.05) is 0 Å². The topological polar surface area (TPSA) is 92.2 Å². The monoisotopic (exact) mass is 289 g/mol. The Bertz CT molecular complexity index is 637. The number of hydrogen-bond donors (Lipinski definition) is 2. The van der Waals surface area contributed by atoms with Crippen LogP contribution in [0.5, 0.6) is 0 Å². The summed E-state index contributed by atoms with van der Waals surface area (Å²) in [6, 6.07) is 5.07. The number of carbonyl (C=O) groups excluding carboxylic acids is 1. The summed E-state index contributed by atoms with van der Waals surface area (Å²) in [7, 11) is 0. The normalized spacial score (nSPS) is 10.6. The lowest BCUT2D eigenvalue weighted by molar-refractivity contribution is -0.131. The lowest BCUT2D eigenvalue weighted by Gasteiger charge is -2.01. The quantitative estimate of drug-likeness (QED) is 0.815. The van der Waals surface area contributed by atoms with E-state index in [0.717, 1.165) is 11.8 Å². The van der Waals surface area contributed by atoms with E-state index >= 15 is 0 Å². The van der Waals surface area contributed by atoms with Gasteiger partial charge in [-0.25, -0.2) is 14.8 Å². The van der Waals surface area contributed by atoms with Crippen LogP contribution in [0.2, 0.25) is 0 Å². The largest absolute Gasteiger partial charge is 0.478 e. The molecule has 0 aromatic carbocycles. The van der Waals surface area contributed by atoms with Crippen molar-refractivity contribution < 1.29 is 14.7 Å². The Balaban J connectivity index is 1.94. The van der Waals surface area contributed by atoms with Crippen molar-refractivity contribution in [3.05, 3.63) is 52.2 Å². The van der Waals surface area contributed by atoms with Gasteiger partial charge in [0.1, 0.15) is 6.33 Å². The average Bonchev–Trinajstić information content (AvgIpc) is 2.92. The van der Waals surface area contributed by atoms with Crippen LogP contribution in [0.3, 0.4) is 0 Å². The molecule has 0 unspecified atom stereocenters. The molecular weight excluding hydrogens is 278 g/mol. The third-order valence-electron chi connectivity index (χ3n) is 2.31. The number of thiophene rings is 1. The van der Waals surface area contributed by atoms with E-state index in [-0.39, 0.29) is 5.91 Å². The van der Waals surface area contributed by atoms with Crippen molar-refractivity contribution in [3.63, 3.8) is 0 Å². The predicted molar refractivity (Wildman–Crippen MR) is 74.2 cm³/mol. The third kappa shape index (κ3) is 3.99. The van der Waals surface area contributed by atoms with Crippen LogP contribution in [0.15, 0.2) is 36.8 Å². The van der Waals surface area contributed by atoms with Gasteiger partial charge in [0.05, 0.1) is 17.1 Å². The summed E-state index contributed by atoms with van der Waals surface area (Å²) < 4.78 is 0. The Morgan fingerprint density at radius 2 is 2.20 bits per heavy atom. The molecule has 2 aromatic rings. The summed E-state index contributed by atoms with van der Waals surface area (Å²) >= 11 is 1.22. The van der Waals surface area contributed by atoms with Gasteiger partial charge in [-0.2, -0.15) is 0 Å². The Hall–Kier alpha value is -2.54. The second kappa shape index (κ2) is 6.58. The molecule has 0 atom stereocenters. The maximum Gasteiger partial charge on any atom is 0.328 e. The number of aromatic nitrogens is 2. The number of carbonyl (C=O) groups is 2. The highest BCUT2D eigenvalue weighted by atomic mass is 32.1. The third-order valence-corrected chi connectivity index (χ3v) is 3.36. The van der Waals surface area contributed by atoms with Crippen molar-refractivity contribution in [3.8, 4) is 0 Å². The van der Waals surface area contributed by atoms with E-state index in [0.29, 0.717) is 16.3 Å². The molecule has 0 fully saturated rings. The Kier molecular flexibility index (Phi) is 4.56. The molecule has 0 bridgehead atoms. The average molecular weight is 289 g/mol. The molecule has 6 nitrogen and oxygen atoms in total. The number of carboxylic acid groups (broad SMARTS) is 1. The first-order valence-corrected chi connectivity index (χ1v) is 6.51. The Morgan fingerprint density at radius 3 is 2.90 bits per heavy atom. The molecule has 102 valence electrons. The fourth-order valence-corrected chi connectivity index (χ4v) is 2.23. The van der Waals surface area contributed by atoms with E-state index in [1.54, 1.807) is 24.4 Å². The molecule has 0 aliphatic carbocycles. The smallest absolute Gasteiger partial charge is 0.328 e. The Morgan fingerprint density at radius 1 is 1.35 bits per heavy atom. The first-order valence-electron chi connectivity index (χ1n) is 5.69. The Labute approximate surface area is 118 Å². The van der Waals surface area contributed by atoms with Crippen molar-refractivity contribution in [1.82, 2.24) is 15.3 Å². The zero-order valence-electron chi connectivity index (χ0n) is 10.3. The molecule has 7 heteroatoms. The van der Waals surface area contributed by atoms with E-state index in [9.17, 15) is 9.59 Å². The fourth-order valence-electron chi connectivity index (χ4n) is 1.40. The highest BCUT2D eigenvalue weighted by Gasteiger charge is 2.08. The van der Waals surface area contributed by atoms with Gasteiger partial charge in [0.15, 0.2) is 0 Å². The first-order chi connectivity index (χ1) is 9.65. The van der Waals surface area contributed by atoms with Gasteiger partial charge in [0.25, 0.3) is 5.91 Å². The molecule has 0 saturated carbocycles. The maximum atomic E-state index is 11.9. The zero-order chi connectivity index (χ0) is 14.4. The number of amides is 1. The van der Waals surface area contributed by atoms with Crippen molar-refractivity contribution in [1.29, 1.82) is 0 Å². The molecule has 0 spiro atoms. The number of nitrogens with zero attached hydrogens (tertiary/aromatic N) is 2. The molecule has 2 heterocycles. The molecular formula is C13H11N3O3S. The molecule has 1 amide bonds. The fraction of sp³-hybridized carbons (Fsp3) is 0.0769. The van der Waals surface area contributed by atoms with Crippen molar-refractivity contribution in [2.24, 2.45) is 0 Å². The standard InChI is InChI=1S/C13H11N3O3S/c17-12(18)4-2-10-1-3-11(20-10)13(19)15-7-9-5-6-14-8-16-9/h1-6,8H,7H2,(H,15,19)(H,17,18)/b4-2+. The lowest BCUT2D eigenvalue weighted by Crippen LogP contribution is -2.22. The number of carboxylic acids is 1. The van der Waals surface area contributed by atoms with E-state index in [1.807, 2.05) is 0 Å². The minimum Gasteiger partial charge on any atom is -0.478 e. The van der Waals surface area contributed by atoms with Crippen molar-refractivity contribution >= 4 is 29.3 Å². The zero-order valence-corrected chi connectivity index (χ0v) is 11.1. The summed E-state index contributed by atoms with van der Waals surface area (Å²) in [5.41, 5.74) is 0.718. The molecule has 0 aliphatic heterocycles. The van der Waals surface area contributed by atoms with Gasteiger partial charge in [-0.1, -0.05) is 0 Å². The van der Waals surface area contributed by atoms with Crippen LogP contribution < -0.4 is 5.32 Å². The second-order valence-electron chi connectivity index (χ2n) is 3.76. The number of nitrogens with one attached hydrogen (secondary N) is 1. The van der Waals surface area contributed by atoms with Crippen LogP contribution in [0.25, 0.3) is 6.08 Å². The van der Waals surface area contributed by atoms with Crippen LogP contribution in [-0.4, -0.2) is 27.0 Å². The van der Waals surface area contributed by atoms with E-state index in [1.165, 1.54) is 23.7 Å². The molecule has 0 aliphatic rings. The predicted octanol–water partition coefficient (Wildman–Crippen LogP) is 1.57. The van der Waals surface area contributed by atoms with Gasteiger partial charge >= 0.3 is 5.97 Å². The van der Waals surface area contributed by atoms with E-state index in [2.05, 4.69) is 15.3 Å². The van der Waals surface area contributed by atoms with Gasteiger partial charge < -0.3 is 10.4 Å². The minimum atomic E-state index is -1.02. The molecule has 2 aromatic heterocycles. The van der Waals surface area contributed by atoms with E-state index in [4.69, 9.17) is 5.11 Å². The second-order valence-corrected chi connectivity index (χ2v) is 4.87. The van der Waals surface area contributed by atoms with Crippen LogP contribution in [0.4, 0.5) is 0 Å². The summed E-state index contributed by atoms with van der Waals surface area (Å²) in [5.74, 6) is -1.24. The maximum absolute atomic E-state index is 11.9. The highest BCUT2D eigenvalue weighted by molar-refractivity contribution is 7.14. The molecule has 0 saturated heterocycles. The lowest BCUT2D eigenvalue weighted by atomic mass is 10.3. The molecule has 2 N–H and O–H groups in total. The van der Waals surface area contributed by atoms with Crippen LogP contribution in [-0.2, 0) is 11.3 Å². The van der Waals surface area contributed by atoms with Gasteiger partial charge in [0, 0.05) is 17.2 Å². The number of rotatable bonds is 5. The SMILES string of the molecule is O=C(O)/C=C/c1ccc(C(=O)NCc2ccncn2)s1. The summed E-state index contributed by atoms with van der Waals surface area (Å²) in [5, 5.41) is 11.3. The van der Waals surface area contributed by atoms with Crippen LogP contribution >= 0.6 is 11.3 Å². The minimum absolute atomic E-state index is 0.219. The van der Waals surface area contributed by atoms with Gasteiger partial charge in [-0.3, -0.25) is 4.79 Å². The summed E-state index contributed by atoms with van der Waals surface area (Å²) in [4.78, 5) is 31.3. The highest BCUT2D eigenvalue weighted by Crippen LogP contribution is 2.17. The summed E-state index contributed by atoms with van der Waals surface area (Å²) in [6.07, 6.45) is 5.51. The van der Waals surface area contributed by atoms with Crippen molar-refractivity contribution in [2.45, 2.75) is 6.54 Å². The number of aliphatic carboxylic acids is 1. The van der Waals surface area contributed by atoms with Gasteiger partial charge in [-0.05, 0) is 24.3 Å². The molecule has 20 heavy (non-hydrogen) atoms. The molecule has 0 radical (unpaired) electrons. The molecule has 2 rings (SSSR count). The summed E-state index contributed by atoms with van der Waals surface area (Å²) in [6.45, 7) is 0.319. The number of hydrogen-bond acceptors (Lipinski definition) is 5. The van der Waals surface area contributed by atoms with Crippen LogP contribution in [0, 0.1) is 0 Å².